The summed E-state index contributed by atoms with van der Waals surface area (Å²) in [6, 6.07) is 7.01. The van der Waals surface area contributed by atoms with Crippen molar-refractivity contribution in [3.05, 3.63) is 24.3 Å². The van der Waals surface area contributed by atoms with Gasteiger partial charge in [-0.05, 0) is 37.1 Å². The first-order chi connectivity index (χ1) is 11.5. The van der Waals surface area contributed by atoms with Gasteiger partial charge in [-0.15, -0.1) is 0 Å². The minimum absolute atomic E-state index is 0.00439. The van der Waals surface area contributed by atoms with Crippen LogP contribution in [0.5, 0.6) is 11.5 Å². The summed E-state index contributed by atoms with van der Waals surface area (Å²) in [7, 11) is 1.58. The van der Waals surface area contributed by atoms with Gasteiger partial charge in [-0.1, -0.05) is 12.8 Å². The molecule has 1 spiro atoms. The molecule has 1 saturated heterocycles. The number of methoxy groups -OCH3 is 1. The van der Waals surface area contributed by atoms with E-state index in [1.165, 1.54) is 4.90 Å². The molecule has 0 unspecified atom stereocenters. The second kappa shape index (κ2) is 6.81. The smallest absolute Gasteiger partial charge is 0.235 e. The zero-order valence-electron chi connectivity index (χ0n) is 13.9. The van der Waals surface area contributed by atoms with E-state index in [-0.39, 0.29) is 31.4 Å². The van der Waals surface area contributed by atoms with Crippen LogP contribution in [-0.4, -0.2) is 48.2 Å². The van der Waals surface area contributed by atoms with Gasteiger partial charge >= 0.3 is 0 Å². The van der Waals surface area contributed by atoms with E-state index in [1.807, 2.05) is 0 Å². The molecule has 1 N–H and O–H groups in total. The van der Waals surface area contributed by atoms with Crippen LogP contribution < -0.4 is 9.47 Å². The molecule has 1 aliphatic heterocycles. The SMILES string of the molecule is COc1ccc(OC[C@@H](O)CN2C(=O)CC3(CCCC3)C2=O)cc1. The van der Waals surface area contributed by atoms with Gasteiger partial charge in [0, 0.05) is 6.42 Å². The van der Waals surface area contributed by atoms with Gasteiger partial charge in [-0.3, -0.25) is 14.5 Å². The average molecular weight is 333 g/mol. The van der Waals surface area contributed by atoms with E-state index in [4.69, 9.17) is 9.47 Å². The van der Waals surface area contributed by atoms with Crippen molar-refractivity contribution in [2.45, 2.75) is 38.2 Å². The largest absolute Gasteiger partial charge is 0.497 e. The molecule has 6 heteroatoms. The Morgan fingerprint density at radius 2 is 1.79 bits per heavy atom. The van der Waals surface area contributed by atoms with Gasteiger partial charge in [0.15, 0.2) is 0 Å². The first-order valence-electron chi connectivity index (χ1n) is 8.34. The van der Waals surface area contributed by atoms with Crippen molar-refractivity contribution in [1.29, 1.82) is 0 Å². The Morgan fingerprint density at radius 1 is 1.17 bits per heavy atom. The maximum Gasteiger partial charge on any atom is 0.235 e. The number of ether oxygens (including phenoxy) is 2. The number of aliphatic hydroxyl groups is 1. The van der Waals surface area contributed by atoms with Crippen LogP contribution in [0, 0.1) is 5.41 Å². The molecular weight excluding hydrogens is 310 g/mol. The summed E-state index contributed by atoms with van der Waals surface area (Å²) in [5.74, 6) is 1.03. The molecule has 2 aliphatic rings. The molecular formula is C18H23NO5. The van der Waals surface area contributed by atoms with E-state index in [2.05, 4.69) is 0 Å². The molecule has 0 bridgehead atoms. The molecule has 1 aromatic carbocycles. The van der Waals surface area contributed by atoms with Crippen LogP contribution in [0.4, 0.5) is 0 Å². The fourth-order valence-corrected chi connectivity index (χ4v) is 3.62. The molecule has 2 amide bonds. The lowest BCUT2D eigenvalue weighted by molar-refractivity contribution is -0.143. The molecule has 1 atom stereocenters. The number of carbonyl (C=O) groups excluding carboxylic acids is 2. The first-order valence-corrected chi connectivity index (χ1v) is 8.34. The molecule has 1 heterocycles. The third-order valence-electron chi connectivity index (χ3n) is 4.95. The molecule has 1 aromatic rings. The van der Waals surface area contributed by atoms with E-state index in [1.54, 1.807) is 31.4 Å². The summed E-state index contributed by atoms with van der Waals surface area (Å²) in [6.07, 6.45) is 2.94. The number of carbonyl (C=O) groups is 2. The average Bonchev–Trinajstić information content (AvgIpc) is 3.14. The number of nitrogens with zero attached hydrogens (tertiary/aromatic N) is 1. The van der Waals surface area contributed by atoms with Crippen LogP contribution >= 0.6 is 0 Å². The van der Waals surface area contributed by atoms with Crippen molar-refractivity contribution < 1.29 is 24.2 Å². The molecule has 1 aliphatic carbocycles. The number of imide groups is 1. The van der Waals surface area contributed by atoms with Crippen molar-refractivity contribution in [2.75, 3.05) is 20.3 Å². The highest BCUT2D eigenvalue weighted by Gasteiger charge is 2.52. The number of benzene rings is 1. The molecule has 0 radical (unpaired) electrons. The molecule has 1 saturated carbocycles. The fourth-order valence-electron chi connectivity index (χ4n) is 3.62. The van der Waals surface area contributed by atoms with Crippen molar-refractivity contribution in [1.82, 2.24) is 4.90 Å². The molecule has 6 nitrogen and oxygen atoms in total. The van der Waals surface area contributed by atoms with Crippen LogP contribution in [-0.2, 0) is 9.59 Å². The summed E-state index contributed by atoms with van der Waals surface area (Å²) in [5.41, 5.74) is -0.492. The van der Waals surface area contributed by atoms with Gasteiger partial charge in [0.25, 0.3) is 0 Å². The summed E-state index contributed by atoms with van der Waals surface area (Å²) in [6.45, 7) is 0.0198. The number of amides is 2. The van der Waals surface area contributed by atoms with Gasteiger partial charge in [0.2, 0.25) is 11.8 Å². The van der Waals surface area contributed by atoms with Gasteiger partial charge < -0.3 is 14.6 Å². The van der Waals surface area contributed by atoms with Crippen LogP contribution in [0.2, 0.25) is 0 Å². The fraction of sp³-hybridized carbons (Fsp3) is 0.556. The van der Waals surface area contributed by atoms with Crippen LogP contribution in [0.15, 0.2) is 24.3 Å². The zero-order valence-corrected chi connectivity index (χ0v) is 13.9. The maximum absolute atomic E-state index is 12.6. The highest BCUT2D eigenvalue weighted by molar-refractivity contribution is 6.06. The molecule has 2 fully saturated rings. The highest BCUT2D eigenvalue weighted by atomic mass is 16.5. The molecule has 130 valence electrons. The van der Waals surface area contributed by atoms with Crippen LogP contribution in [0.25, 0.3) is 0 Å². The second-order valence-corrected chi connectivity index (χ2v) is 6.61. The third kappa shape index (κ3) is 3.24. The normalized spacial score (nSPS) is 20.7. The Labute approximate surface area is 141 Å². The lowest BCUT2D eigenvalue weighted by Crippen LogP contribution is -2.41. The number of hydrogen-bond acceptors (Lipinski definition) is 5. The quantitative estimate of drug-likeness (QED) is 0.803. The number of hydrogen-bond donors (Lipinski definition) is 1. The summed E-state index contributed by atoms with van der Waals surface area (Å²) < 4.78 is 10.6. The topological polar surface area (TPSA) is 76.1 Å². The Morgan fingerprint density at radius 3 is 2.42 bits per heavy atom. The van der Waals surface area contributed by atoms with Crippen molar-refractivity contribution in [3.63, 3.8) is 0 Å². The van der Waals surface area contributed by atoms with Crippen molar-refractivity contribution >= 4 is 11.8 Å². The van der Waals surface area contributed by atoms with E-state index >= 15 is 0 Å². The molecule has 3 rings (SSSR count). The second-order valence-electron chi connectivity index (χ2n) is 6.61. The summed E-state index contributed by atoms with van der Waals surface area (Å²) in [4.78, 5) is 25.9. The van der Waals surface area contributed by atoms with Crippen LogP contribution in [0.1, 0.15) is 32.1 Å². The minimum atomic E-state index is -0.906. The lowest BCUT2D eigenvalue weighted by Gasteiger charge is -2.23. The molecule has 0 aromatic heterocycles. The minimum Gasteiger partial charge on any atom is -0.497 e. The lowest BCUT2D eigenvalue weighted by atomic mass is 9.84. The van der Waals surface area contributed by atoms with Gasteiger partial charge in [0.05, 0.1) is 19.1 Å². The number of β-amino-alcohol motifs (C(OH)–C–C–N with tert-alkyl or cyclic N) is 1. The monoisotopic (exact) mass is 333 g/mol. The van der Waals surface area contributed by atoms with Crippen molar-refractivity contribution in [2.24, 2.45) is 5.41 Å². The van der Waals surface area contributed by atoms with Crippen molar-refractivity contribution in [3.8, 4) is 11.5 Å². The highest BCUT2D eigenvalue weighted by Crippen LogP contribution is 2.46. The van der Waals surface area contributed by atoms with E-state index in [0.717, 1.165) is 31.4 Å². The third-order valence-corrected chi connectivity index (χ3v) is 4.95. The number of rotatable bonds is 6. The zero-order chi connectivity index (χ0) is 17.2. The van der Waals surface area contributed by atoms with Gasteiger partial charge in [0.1, 0.15) is 24.2 Å². The van der Waals surface area contributed by atoms with E-state index in [0.29, 0.717) is 5.75 Å². The predicted octanol–water partition coefficient (Wildman–Crippen LogP) is 1.75. The van der Waals surface area contributed by atoms with Gasteiger partial charge in [-0.2, -0.15) is 0 Å². The maximum atomic E-state index is 12.6. The Hall–Kier alpha value is -2.08. The standard InChI is InChI=1S/C18H23NO5/c1-23-14-4-6-15(7-5-14)24-12-13(20)11-19-16(21)10-18(17(19)22)8-2-3-9-18/h4-7,13,20H,2-3,8-12H2,1H3/t13-/m0/s1. The number of likely N-dealkylation sites (tertiary alicyclic amines) is 1. The van der Waals surface area contributed by atoms with E-state index in [9.17, 15) is 14.7 Å². The van der Waals surface area contributed by atoms with E-state index < -0.39 is 11.5 Å². The number of aliphatic hydroxyl groups excluding tert-OH is 1. The first kappa shape index (κ1) is 16.8. The Kier molecular flexibility index (Phi) is 4.76. The predicted molar refractivity (Wildman–Crippen MR) is 86.7 cm³/mol. The Balaban J connectivity index is 1.53. The summed E-state index contributed by atoms with van der Waals surface area (Å²) >= 11 is 0. The molecule has 24 heavy (non-hydrogen) atoms. The van der Waals surface area contributed by atoms with Gasteiger partial charge in [-0.25, -0.2) is 0 Å². The van der Waals surface area contributed by atoms with Crippen LogP contribution in [0.3, 0.4) is 0 Å². The summed E-state index contributed by atoms with van der Waals surface area (Å²) in [5, 5.41) is 10.1. The Bertz CT molecular complexity index is 606.